The van der Waals surface area contributed by atoms with E-state index >= 15 is 0 Å². The van der Waals surface area contributed by atoms with Crippen molar-refractivity contribution < 1.29 is 101 Å². The summed E-state index contributed by atoms with van der Waals surface area (Å²) in [6, 6.07) is 122. The van der Waals surface area contributed by atoms with E-state index in [1.54, 1.807) is 110 Å². The van der Waals surface area contributed by atoms with Crippen molar-refractivity contribution in [2.45, 2.75) is 55.0 Å². The van der Waals surface area contributed by atoms with Crippen LogP contribution in [0.25, 0.3) is 135 Å². The minimum atomic E-state index is -2.18. The fourth-order valence-corrected chi connectivity index (χ4v) is 11.8. The van der Waals surface area contributed by atoms with Gasteiger partial charge in [-0.05, 0) is 147 Å². The smallest absolute Gasteiger partial charge is 0.164 e. The summed E-state index contributed by atoms with van der Waals surface area (Å²) in [6.45, 7) is -4.94. The molecule has 0 spiro atoms. The monoisotopic (exact) mass is 2440 g/mol. The van der Waals surface area contributed by atoms with E-state index < -0.39 is 34.3 Å². The van der Waals surface area contributed by atoms with Gasteiger partial charge >= 0.3 is 0 Å². The molecule has 8 aromatic carbocycles. The average molecular weight is 2440 g/mol. The predicted octanol–water partition coefficient (Wildman–Crippen LogP) is 24.7. The molecule has 0 saturated carbocycles. The Morgan fingerprint density at radius 2 is 0.485 bits per heavy atom. The Bertz CT molecular complexity index is 6820. The third-order valence-corrected chi connectivity index (χ3v) is 18.2. The van der Waals surface area contributed by atoms with E-state index in [2.05, 4.69) is 128 Å². The molecule has 0 aliphatic carbocycles. The number of rotatable bonds is 12. The normalized spacial score (nSPS) is 12.0. The van der Waals surface area contributed by atoms with Gasteiger partial charge in [-0.2, -0.15) is 0 Å². The predicted molar refractivity (Wildman–Crippen MR) is 510 cm³/mol. The standard InChI is InChI=1S/C17H13N2.C16H13N4.C16H12N3.C15H10N3.4C12H10N.4Ir/c1-13-7-8-15(11-18-13)16-9-10-17(19-12-16)14-5-3-2-4-6-14;1-11-18-12(2)20-16(19-11)14-8-9-15(17-10-14)13-6-4-3-5-7-13;1-12-17-10-9-16(19-12)14-7-8-15(18-11-14)13-5-3-2-4-6-13;1-2-4-12(5-3-1)14-7-6-13(10-17-14)15-8-9-16-11-18-15;4*1-10-7-8-12(13-9-10)11-5-3-2-4-6-11;;;;/h2-5,7-12H,1H3;3-6,8-10H,1-2H3;2-5,7-11H,1H3;1-4,6-11H;4*2-5,7-9H,1H3;;;;/q8*-1;;;;/i1D3;;;;4*1D3;;;;. The number of hydrogen-bond acceptors (Lipinski definition) is 16. The number of aryl methyl sites for hydroxylation is 8. The van der Waals surface area contributed by atoms with Crippen molar-refractivity contribution in [1.82, 2.24) is 79.7 Å². The average Bonchev–Trinajstić information content (AvgIpc) is 0.800. The summed E-state index contributed by atoms with van der Waals surface area (Å²) in [5.74, 6) is 2.85. The van der Waals surface area contributed by atoms with E-state index in [0.29, 0.717) is 17.5 Å². The largest absolute Gasteiger partial charge is 0.304 e. The zero-order chi connectivity index (χ0) is 101. The van der Waals surface area contributed by atoms with Gasteiger partial charge in [0, 0.05) is 197 Å². The van der Waals surface area contributed by atoms with Crippen LogP contribution in [0.1, 0.15) is 66.0 Å². The minimum absolute atomic E-state index is 0. The van der Waals surface area contributed by atoms with E-state index in [-0.39, 0.29) is 108 Å². The molecule has 20 rings (SSSR count). The maximum atomic E-state index is 7.33. The first-order valence-corrected chi connectivity index (χ1v) is 40.0. The molecule has 660 valence electrons. The molecular formula is C112H88Ir4N16-8. The van der Waals surface area contributed by atoms with Gasteiger partial charge in [0.2, 0.25) is 0 Å². The van der Waals surface area contributed by atoms with Gasteiger partial charge in [0.15, 0.2) is 5.82 Å². The van der Waals surface area contributed by atoms with Gasteiger partial charge in [-0.15, -0.1) is 287 Å². The second kappa shape index (κ2) is 54.4. The molecule has 12 heterocycles. The van der Waals surface area contributed by atoms with Crippen molar-refractivity contribution in [3.8, 4) is 135 Å². The fraction of sp³-hybridized carbons (Fsp3) is 0.0714. The Morgan fingerprint density at radius 1 is 0.205 bits per heavy atom. The van der Waals surface area contributed by atoms with Crippen molar-refractivity contribution >= 4 is 0 Å². The summed E-state index contributed by atoms with van der Waals surface area (Å²) in [7, 11) is 0. The van der Waals surface area contributed by atoms with Gasteiger partial charge in [0.1, 0.15) is 23.8 Å². The Hall–Kier alpha value is -14.1. The van der Waals surface area contributed by atoms with Crippen LogP contribution in [0, 0.1) is 104 Å². The van der Waals surface area contributed by atoms with Gasteiger partial charge in [-0.1, -0.05) is 103 Å². The Balaban J connectivity index is 0.000000187. The molecule has 16 nitrogen and oxygen atoms in total. The molecule has 0 aliphatic rings. The van der Waals surface area contributed by atoms with Crippen molar-refractivity contribution in [3.63, 3.8) is 0 Å². The molecule has 0 atom stereocenters. The molecular weight excluding hydrogens is 2340 g/mol. The number of pyridine rings is 9. The van der Waals surface area contributed by atoms with Gasteiger partial charge in [0.25, 0.3) is 0 Å². The quantitative estimate of drug-likeness (QED) is 0.104. The summed E-state index contributed by atoms with van der Waals surface area (Å²) in [6.07, 6.45) is 19.3. The van der Waals surface area contributed by atoms with Crippen molar-refractivity contribution in [2.24, 2.45) is 0 Å². The summed E-state index contributed by atoms with van der Waals surface area (Å²) in [4.78, 5) is 67.7. The van der Waals surface area contributed by atoms with Crippen LogP contribution in [0.3, 0.4) is 0 Å². The summed E-state index contributed by atoms with van der Waals surface area (Å²) in [5, 5.41) is 0. The second-order valence-electron chi connectivity index (χ2n) is 27.4. The number of benzene rings is 8. The van der Waals surface area contributed by atoms with Crippen LogP contribution in [-0.4, -0.2) is 79.7 Å². The summed E-state index contributed by atoms with van der Waals surface area (Å²) < 4.78 is 109. The number of aromatic nitrogens is 16. The number of hydrogen-bond donors (Lipinski definition) is 0. The molecule has 0 bridgehead atoms. The maximum Gasteiger partial charge on any atom is 0.164 e. The molecule has 4 radical (unpaired) electrons. The zero-order valence-electron chi connectivity index (χ0n) is 85.9. The molecule has 0 amide bonds. The molecule has 0 aliphatic heterocycles. The van der Waals surface area contributed by atoms with Crippen LogP contribution >= 0.6 is 0 Å². The second-order valence-corrected chi connectivity index (χ2v) is 27.4. The van der Waals surface area contributed by atoms with E-state index in [1.807, 2.05) is 264 Å². The Morgan fingerprint density at radius 3 is 0.727 bits per heavy atom. The first-order valence-electron chi connectivity index (χ1n) is 47.5. The third-order valence-electron chi connectivity index (χ3n) is 18.2. The Kier molecular flexibility index (Phi) is 33.4. The van der Waals surface area contributed by atoms with Crippen LogP contribution in [0.2, 0.25) is 0 Å². The zero-order valence-corrected chi connectivity index (χ0v) is 80.5. The molecule has 12 aromatic heterocycles. The van der Waals surface area contributed by atoms with Crippen LogP contribution in [0.4, 0.5) is 0 Å². The summed E-state index contributed by atoms with van der Waals surface area (Å²) in [5.41, 5.74) is 21.3. The minimum Gasteiger partial charge on any atom is -0.304 e. The first kappa shape index (κ1) is 81.1. The number of nitrogens with zero attached hydrogens (tertiary/aromatic N) is 16. The Labute approximate surface area is 848 Å². The fourth-order valence-electron chi connectivity index (χ4n) is 11.8. The molecule has 20 aromatic rings. The van der Waals surface area contributed by atoms with Crippen LogP contribution in [0.15, 0.2) is 390 Å². The van der Waals surface area contributed by atoms with Crippen LogP contribution < -0.4 is 0 Å². The van der Waals surface area contributed by atoms with Crippen molar-refractivity contribution in [3.05, 3.63) is 484 Å². The first-order chi connectivity index (χ1) is 68.8. The molecule has 0 saturated heterocycles. The molecule has 0 unspecified atom stereocenters. The van der Waals surface area contributed by atoms with Gasteiger partial charge in [-0.3, -0.25) is 4.98 Å². The topological polar surface area (TPSA) is 206 Å². The van der Waals surface area contributed by atoms with E-state index in [0.717, 1.165) is 135 Å². The molecule has 132 heavy (non-hydrogen) atoms. The van der Waals surface area contributed by atoms with E-state index in [1.165, 1.54) is 37.2 Å². The van der Waals surface area contributed by atoms with Crippen molar-refractivity contribution in [2.75, 3.05) is 0 Å². The van der Waals surface area contributed by atoms with Gasteiger partial charge in [-0.25, -0.2) is 34.9 Å². The van der Waals surface area contributed by atoms with Gasteiger partial charge < -0.3 is 39.9 Å². The SMILES string of the molecule is Cc1nc(C)nc(-c2ccc(-c3[c-]cccc3)nc2)n1.Cc1nccc(-c2ccc(-c3[c-]cccc3)nc2)n1.[2H]C([2H])([2H])c1ccc(-c2[c-]cccc2)nc1.[2H]C([2H])([2H])c1ccc(-c2[c-]cccc2)nc1.[2H]C([2H])([2H])c1ccc(-c2[c-]cccc2)nc1.[2H]C([2H])([2H])c1ccc(-c2[c-]cccc2)nc1.[2H]C([2H])([2H])c1ccc(-c2ccc(-c3[c-]cccc3)nc2)cn1.[Ir].[Ir].[Ir].[Ir].[c-]1ccccc1-c1ccc(-c2ccncn2)cn1. The van der Waals surface area contributed by atoms with E-state index in [9.17, 15) is 0 Å². The van der Waals surface area contributed by atoms with Crippen molar-refractivity contribution in [1.29, 1.82) is 0 Å². The van der Waals surface area contributed by atoms with Crippen LogP contribution in [-0.2, 0) is 80.4 Å². The molecule has 0 N–H and O–H groups in total. The molecule has 20 heteroatoms. The maximum absolute atomic E-state index is 7.33. The third kappa shape index (κ3) is 32.2. The van der Waals surface area contributed by atoms with E-state index in [4.69, 9.17) is 20.6 Å². The van der Waals surface area contributed by atoms with Crippen LogP contribution in [0.5, 0.6) is 0 Å². The summed E-state index contributed by atoms with van der Waals surface area (Å²) >= 11 is 0. The van der Waals surface area contributed by atoms with Gasteiger partial charge in [0.05, 0.1) is 11.4 Å². The molecule has 0 fully saturated rings.